The van der Waals surface area contributed by atoms with E-state index < -0.39 is 0 Å². The van der Waals surface area contributed by atoms with Crippen molar-refractivity contribution in [3.63, 3.8) is 0 Å². The summed E-state index contributed by atoms with van der Waals surface area (Å²) in [7, 11) is 0. The number of piperidine rings is 2. The SMILES string of the molecule is CCN1CCN(C(=O)CN2C(=O)[C@@H]3CCCCN3c3ccc(C(=O)N4CCCCC4)cc32)CC1. The first-order chi connectivity index (χ1) is 16.6. The molecule has 1 aromatic rings. The molecule has 4 heterocycles. The number of likely N-dealkylation sites (tertiary alicyclic amines) is 1. The van der Waals surface area contributed by atoms with Gasteiger partial charge in [0, 0.05) is 51.4 Å². The fraction of sp³-hybridized carbons (Fsp3) is 0.654. The average Bonchev–Trinajstić information content (AvgIpc) is 2.90. The molecule has 0 saturated carbocycles. The smallest absolute Gasteiger partial charge is 0.253 e. The molecule has 1 atom stereocenters. The highest BCUT2D eigenvalue weighted by Crippen LogP contribution is 2.40. The number of benzene rings is 1. The number of fused-ring (bicyclic) bond motifs is 3. The summed E-state index contributed by atoms with van der Waals surface area (Å²) >= 11 is 0. The summed E-state index contributed by atoms with van der Waals surface area (Å²) in [6, 6.07) is 5.54. The second-order valence-electron chi connectivity index (χ2n) is 10.0. The monoisotopic (exact) mass is 467 g/mol. The van der Waals surface area contributed by atoms with E-state index in [4.69, 9.17) is 0 Å². The van der Waals surface area contributed by atoms with Crippen LogP contribution in [-0.2, 0) is 9.59 Å². The van der Waals surface area contributed by atoms with Gasteiger partial charge in [0.15, 0.2) is 0 Å². The number of amides is 3. The quantitative estimate of drug-likeness (QED) is 0.679. The predicted octanol–water partition coefficient (Wildman–Crippen LogP) is 2.18. The van der Waals surface area contributed by atoms with E-state index in [0.29, 0.717) is 24.3 Å². The topological polar surface area (TPSA) is 67.4 Å². The standard InChI is InChI=1S/C26H37N5O3/c1-2-27-14-16-28(17-15-27)24(32)19-31-23-18-20(25(33)29-11-5-3-6-12-29)9-10-21(23)30-13-7-4-8-22(30)26(31)34/h9-10,18,22H,2-8,11-17,19H2,1H3/t22-/m0/s1. The number of carbonyl (C=O) groups is 3. The third-order valence-corrected chi connectivity index (χ3v) is 7.99. The second-order valence-corrected chi connectivity index (χ2v) is 10.0. The van der Waals surface area contributed by atoms with E-state index in [1.807, 2.05) is 28.0 Å². The Morgan fingerprint density at radius 2 is 1.59 bits per heavy atom. The average molecular weight is 468 g/mol. The van der Waals surface area contributed by atoms with E-state index in [1.54, 1.807) is 4.90 Å². The van der Waals surface area contributed by atoms with Crippen LogP contribution in [0.5, 0.6) is 0 Å². The molecule has 8 heteroatoms. The molecule has 8 nitrogen and oxygen atoms in total. The number of carbonyl (C=O) groups excluding carboxylic acids is 3. The lowest BCUT2D eigenvalue weighted by atomic mass is 9.95. The van der Waals surface area contributed by atoms with Gasteiger partial charge >= 0.3 is 0 Å². The Hall–Kier alpha value is -2.61. The number of hydrogen-bond donors (Lipinski definition) is 0. The van der Waals surface area contributed by atoms with Crippen molar-refractivity contribution in [2.75, 3.05) is 68.7 Å². The van der Waals surface area contributed by atoms with Crippen LogP contribution in [0.3, 0.4) is 0 Å². The molecule has 4 aliphatic heterocycles. The molecule has 0 N–H and O–H groups in total. The van der Waals surface area contributed by atoms with Crippen molar-refractivity contribution in [2.45, 2.75) is 51.5 Å². The van der Waals surface area contributed by atoms with Gasteiger partial charge < -0.3 is 19.6 Å². The molecule has 3 saturated heterocycles. The van der Waals surface area contributed by atoms with Crippen LogP contribution in [0.25, 0.3) is 0 Å². The van der Waals surface area contributed by atoms with Crippen LogP contribution in [0.4, 0.5) is 11.4 Å². The number of anilines is 2. The van der Waals surface area contributed by atoms with E-state index in [1.165, 1.54) is 6.42 Å². The van der Waals surface area contributed by atoms with Crippen LogP contribution in [-0.4, -0.2) is 97.4 Å². The van der Waals surface area contributed by atoms with Gasteiger partial charge in [-0.05, 0) is 63.3 Å². The zero-order valence-electron chi connectivity index (χ0n) is 20.4. The molecule has 0 bridgehead atoms. The molecule has 3 fully saturated rings. The van der Waals surface area contributed by atoms with Gasteiger partial charge in [0.25, 0.3) is 5.91 Å². The minimum atomic E-state index is -0.213. The van der Waals surface area contributed by atoms with E-state index >= 15 is 0 Å². The molecule has 0 aliphatic carbocycles. The van der Waals surface area contributed by atoms with Crippen molar-refractivity contribution < 1.29 is 14.4 Å². The predicted molar refractivity (Wildman–Crippen MR) is 132 cm³/mol. The van der Waals surface area contributed by atoms with Crippen LogP contribution in [0.15, 0.2) is 18.2 Å². The Morgan fingerprint density at radius 1 is 0.853 bits per heavy atom. The molecule has 184 valence electrons. The number of likely N-dealkylation sites (N-methyl/N-ethyl adjacent to an activating group) is 1. The largest absolute Gasteiger partial charge is 0.358 e. The van der Waals surface area contributed by atoms with Crippen molar-refractivity contribution >= 4 is 29.1 Å². The fourth-order valence-electron chi connectivity index (χ4n) is 5.88. The maximum atomic E-state index is 13.6. The van der Waals surface area contributed by atoms with Crippen molar-refractivity contribution in [1.29, 1.82) is 0 Å². The Bertz CT molecular complexity index is 936. The van der Waals surface area contributed by atoms with Crippen LogP contribution >= 0.6 is 0 Å². The summed E-state index contributed by atoms with van der Waals surface area (Å²) in [5.74, 6) is 0.0140. The number of piperazine rings is 1. The van der Waals surface area contributed by atoms with Gasteiger partial charge in [-0.25, -0.2) is 0 Å². The Kier molecular flexibility index (Phi) is 6.77. The van der Waals surface area contributed by atoms with Gasteiger partial charge in [-0.2, -0.15) is 0 Å². The van der Waals surface area contributed by atoms with Crippen LogP contribution in [0.2, 0.25) is 0 Å². The third kappa shape index (κ3) is 4.40. The van der Waals surface area contributed by atoms with Crippen molar-refractivity contribution in [1.82, 2.24) is 14.7 Å². The second kappa shape index (κ2) is 9.94. The number of hydrogen-bond acceptors (Lipinski definition) is 5. The van der Waals surface area contributed by atoms with E-state index in [0.717, 1.165) is 77.1 Å². The lowest BCUT2D eigenvalue weighted by molar-refractivity contribution is -0.133. The van der Waals surface area contributed by atoms with E-state index in [-0.39, 0.29) is 30.3 Å². The molecule has 0 radical (unpaired) electrons. The van der Waals surface area contributed by atoms with E-state index in [9.17, 15) is 14.4 Å². The fourth-order valence-corrected chi connectivity index (χ4v) is 5.88. The summed E-state index contributed by atoms with van der Waals surface area (Å²) in [4.78, 5) is 50.1. The summed E-state index contributed by atoms with van der Waals surface area (Å²) in [5, 5.41) is 0. The molecule has 1 aromatic carbocycles. The lowest BCUT2D eigenvalue weighted by Gasteiger charge is -2.45. The van der Waals surface area contributed by atoms with Crippen LogP contribution in [0, 0.1) is 0 Å². The molecule has 0 spiro atoms. The van der Waals surface area contributed by atoms with Crippen LogP contribution in [0.1, 0.15) is 55.8 Å². The zero-order valence-corrected chi connectivity index (χ0v) is 20.4. The first kappa shape index (κ1) is 23.1. The molecule has 0 aromatic heterocycles. The van der Waals surface area contributed by atoms with Gasteiger partial charge in [-0.15, -0.1) is 0 Å². The molecule has 34 heavy (non-hydrogen) atoms. The van der Waals surface area contributed by atoms with Gasteiger partial charge in [-0.1, -0.05) is 6.92 Å². The molecule has 3 amide bonds. The maximum absolute atomic E-state index is 13.6. The summed E-state index contributed by atoms with van der Waals surface area (Å²) in [5.41, 5.74) is 2.30. The van der Waals surface area contributed by atoms with Crippen LogP contribution < -0.4 is 9.80 Å². The van der Waals surface area contributed by atoms with Gasteiger partial charge in [0.2, 0.25) is 11.8 Å². The maximum Gasteiger partial charge on any atom is 0.253 e. The first-order valence-electron chi connectivity index (χ1n) is 13.1. The Labute approximate surface area is 202 Å². The summed E-state index contributed by atoms with van der Waals surface area (Å²) in [6.45, 7) is 8.73. The van der Waals surface area contributed by atoms with E-state index in [2.05, 4.69) is 16.7 Å². The van der Waals surface area contributed by atoms with Gasteiger partial charge in [0.1, 0.15) is 12.6 Å². The van der Waals surface area contributed by atoms with Gasteiger partial charge in [-0.3, -0.25) is 19.3 Å². The zero-order chi connectivity index (χ0) is 23.7. The highest BCUT2D eigenvalue weighted by molar-refractivity contribution is 6.09. The first-order valence-corrected chi connectivity index (χ1v) is 13.1. The minimum Gasteiger partial charge on any atom is -0.358 e. The number of rotatable bonds is 4. The third-order valence-electron chi connectivity index (χ3n) is 7.99. The summed E-state index contributed by atoms with van der Waals surface area (Å²) < 4.78 is 0. The molecule has 4 aliphatic rings. The highest BCUT2D eigenvalue weighted by atomic mass is 16.2. The van der Waals surface area contributed by atoms with Gasteiger partial charge in [0.05, 0.1) is 11.4 Å². The molecule has 0 unspecified atom stereocenters. The Balaban J connectivity index is 1.42. The summed E-state index contributed by atoms with van der Waals surface area (Å²) in [6.07, 6.45) is 6.13. The molecular weight excluding hydrogens is 430 g/mol. The minimum absolute atomic E-state index is 0.00434. The Morgan fingerprint density at radius 3 is 2.32 bits per heavy atom. The van der Waals surface area contributed by atoms with Crippen molar-refractivity contribution in [3.05, 3.63) is 23.8 Å². The molecule has 5 rings (SSSR count). The molecular formula is C26H37N5O3. The number of nitrogens with zero attached hydrogens (tertiary/aromatic N) is 5. The van der Waals surface area contributed by atoms with Crippen molar-refractivity contribution in [2.24, 2.45) is 0 Å². The normalized spacial score (nSPS) is 23.6. The highest BCUT2D eigenvalue weighted by Gasteiger charge is 2.41. The lowest BCUT2D eigenvalue weighted by Crippen LogP contribution is -2.58. The van der Waals surface area contributed by atoms with Crippen molar-refractivity contribution in [3.8, 4) is 0 Å².